The summed E-state index contributed by atoms with van der Waals surface area (Å²) < 4.78 is 50.0. The van der Waals surface area contributed by atoms with Crippen molar-refractivity contribution in [2.75, 3.05) is 0 Å². The van der Waals surface area contributed by atoms with E-state index in [2.05, 4.69) is 6.30 Å². The first kappa shape index (κ1) is 15.9. The van der Waals surface area contributed by atoms with Crippen molar-refractivity contribution in [3.63, 3.8) is 0 Å². The van der Waals surface area contributed by atoms with Gasteiger partial charge in [-0.3, -0.25) is 0 Å². The number of sulfonamides is 2. The molecule has 0 saturated heterocycles. The molecular formula is C13H12NO4PS2. The summed E-state index contributed by atoms with van der Waals surface area (Å²) in [4.78, 5) is -0.226. The molecule has 110 valence electrons. The molecule has 0 amide bonds. The van der Waals surface area contributed by atoms with Crippen LogP contribution in [0.5, 0.6) is 0 Å². The van der Waals surface area contributed by atoms with E-state index in [4.69, 9.17) is 0 Å². The van der Waals surface area contributed by atoms with Crippen LogP contribution in [0, 0.1) is 0 Å². The summed E-state index contributed by atoms with van der Waals surface area (Å²) in [6.45, 7) is 0. The maximum Gasteiger partial charge on any atom is 0.253 e. The van der Waals surface area contributed by atoms with Gasteiger partial charge in [-0.25, -0.2) is 16.8 Å². The molecule has 0 aliphatic rings. The van der Waals surface area contributed by atoms with Crippen molar-refractivity contribution in [1.29, 1.82) is 0 Å². The van der Waals surface area contributed by atoms with Crippen molar-refractivity contribution < 1.29 is 16.8 Å². The monoisotopic (exact) mass is 341 g/mol. The summed E-state index contributed by atoms with van der Waals surface area (Å²) in [7, 11) is -7.53. The van der Waals surface area contributed by atoms with Crippen molar-refractivity contribution in [2.24, 2.45) is 0 Å². The third kappa shape index (κ3) is 3.77. The lowest BCUT2D eigenvalue weighted by Crippen LogP contribution is -2.30. The van der Waals surface area contributed by atoms with Crippen LogP contribution in [-0.2, 0) is 20.0 Å². The SMILES string of the molecule is C=Pc1ccc(S(=O)(=O)NS(=O)(=O)c2ccccc2)cc1. The van der Waals surface area contributed by atoms with Crippen LogP contribution >= 0.6 is 8.20 Å². The minimum atomic E-state index is -4.15. The summed E-state index contributed by atoms with van der Waals surface area (Å²) in [6.07, 6.45) is 3.66. The lowest BCUT2D eigenvalue weighted by molar-refractivity contribution is 0.577. The first-order valence-electron chi connectivity index (χ1n) is 5.76. The van der Waals surface area contributed by atoms with Crippen LogP contribution in [0.3, 0.4) is 0 Å². The van der Waals surface area contributed by atoms with Crippen LogP contribution in [0.15, 0.2) is 64.4 Å². The highest BCUT2D eigenvalue weighted by atomic mass is 32.3. The van der Waals surface area contributed by atoms with Crippen molar-refractivity contribution in [3.05, 3.63) is 54.6 Å². The predicted octanol–water partition coefficient (Wildman–Crippen LogP) is 1.36. The van der Waals surface area contributed by atoms with Crippen LogP contribution in [-0.4, -0.2) is 23.1 Å². The van der Waals surface area contributed by atoms with Gasteiger partial charge in [0.1, 0.15) is 0 Å². The van der Waals surface area contributed by atoms with Crippen molar-refractivity contribution in [2.45, 2.75) is 9.79 Å². The van der Waals surface area contributed by atoms with E-state index in [-0.39, 0.29) is 9.79 Å². The Morgan fingerprint density at radius 1 is 0.762 bits per heavy atom. The molecule has 2 aromatic rings. The fraction of sp³-hybridized carbons (Fsp3) is 0. The van der Waals surface area contributed by atoms with Gasteiger partial charge in [0, 0.05) is 5.30 Å². The summed E-state index contributed by atoms with van der Waals surface area (Å²) in [5.41, 5.74) is 0. The Bertz CT molecular complexity index is 845. The average Bonchev–Trinajstić information content (AvgIpc) is 2.47. The van der Waals surface area contributed by atoms with Gasteiger partial charge in [-0.05, 0) is 36.4 Å². The molecular weight excluding hydrogens is 329 g/mol. The first-order valence-corrected chi connectivity index (χ1v) is 9.80. The van der Waals surface area contributed by atoms with E-state index in [1.54, 1.807) is 22.3 Å². The molecule has 0 fully saturated rings. The van der Waals surface area contributed by atoms with Crippen LogP contribution in [0.25, 0.3) is 0 Å². The van der Waals surface area contributed by atoms with Crippen molar-refractivity contribution in [1.82, 2.24) is 4.13 Å². The van der Waals surface area contributed by atoms with E-state index in [9.17, 15) is 16.8 Å². The van der Waals surface area contributed by atoms with E-state index in [0.29, 0.717) is 0 Å². The third-order valence-corrected chi connectivity index (χ3v) is 6.81. The predicted molar refractivity (Wildman–Crippen MR) is 84.1 cm³/mol. The number of benzene rings is 2. The second kappa shape index (κ2) is 6.07. The van der Waals surface area contributed by atoms with Gasteiger partial charge in [0.15, 0.2) is 0 Å². The fourth-order valence-electron chi connectivity index (χ4n) is 1.57. The van der Waals surface area contributed by atoms with Gasteiger partial charge in [0.2, 0.25) is 0 Å². The standard InChI is InChI=1S/C13H12NO4PS2/c1-19-11-7-9-13(10-8-11)21(17,18)14-20(15,16)12-5-3-2-4-6-12/h2-10,14H,1H2. The lowest BCUT2D eigenvalue weighted by atomic mass is 10.4. The molecule has 0 aromatic heterocycles. The maximum atomic E-state index is 12.1. The van der Waals surface area contributed by atoms with Gasteiger partial charge in [0.25, 0.3) is 20.0 Å². The molecule has 0 aliphatic heterocycles. The lowest BCUT2D eigenvalue weighted by Gasteiger charge is -2.08. The van der Waals surface area contributed by atoms with Crippen molar-refractivity contribution in [3.8, 4) is 0 Å². The highest BCUT2D eigenvalue weighted by Gasteiger charge is 2.24. The zero-order chi connectivity index (χ0) is 15.5. The van der Waals surface area contributed by atoms with Gasteiger partial charge in [0.05, 0.1) is 9.79 Å². The van der Waals surface area contributed by atoms with Gasteiger partial charge < -0.3 is 0 Å². The minimum absolute atomic E-state index is 0.110. The van der Waals surface area contributed by atoms with Crippen LogP contribution in [0.1, 0.15) is 0 Å². The molecule has 0 radical (unpaired) electrons. The van der Waals surface area contributed by atoms with E-state index in [1.807, 2.05) is 0 Å². The Labute approximate surface area is 125 Å². The average molecular weight is 341 g/mol. The van der Waals surface area contributed by atoms with Gasteiger partial charge in [-0.15, -0.1) is 4.13 Å². The Hall–Kier alpha value is -1.53. The molecule has 0 saturated carbocycles. The zero-order valence-corrected chi connectivity index (χ0v) is 13.3. The first-order chi connectivity index (χ1) is 9.85. The molecule has 0 aliphatic carbocycles. The van der Waals surface area contributed by atoms with Crippen LogP contribution in [0.4, 0.5) is 0 Å². The summed E-state index contributed by atoms with van der Waals surface area (Å²) >= 11 is 0. The molecule has 0 atom stereocenters. The van der Waals surface area contributed by atoms with Crippen molar-refractivity contribution >= 4 is 39.9 Å². The van der Waals surface area contributed by atoms with E-state index in [1.165, 1.54) is 36.4 Å². The Morgan fingerprint density at radius 2 is 1.24 bits per heavy atom. The van der Waals surface area contributed by atoms with Crippen LogP contribution in [0.2, 0.25) is 0 Å². The summed E-state index contributed by atoms with van der Waals surface area (Å²) in [5, 5.41) is 0.833. The Kier molecular flexibility index (Phi) is 4.58. The van der Waals surface area contributed by atoms with E-state index < -0.39 is 20.0 Å². The zero-order valence-electron chi connectivity index (χ0n) is 10.8. The molecule has 21 heavy (non-hydrogen) atoms. The molecule has 0 unspecified atom stereocenters. The Morgan fingerprint density at radius 3 is 1.71 bits per heavy atom. The Balaban J connectivity index is 2.35. The minimum Gasteiger partial charge on any atom is -0.206 e. The van der Waals surface area contributed by atoms with Gasteiger partial charge >= 0.3 is 0 Å². The van der Waals surface area contributed by atoms with E-state index in [0.717, 1.165) is 13.5 Å². The second-order valence-electron chi connectivity index (χ2n) is 4.06. The highest BCUT2D eigenvalue weighted by Crippen LogP contribution is 2.13. The molecule has 0 spiro atoms. The number of nitrogens with one attached hydrogen (secondary N) is 1. The highest BCUT2D eigenvalue weighted by molar-refractivity contribution is 8.04. The molecule has 0 bridgehead atoms. The third-order valence-electron chi connectivity index (χ3n) is 2.60. The molecule has 5 nitrogen and oxygen atoms in total. The quantitative estimate of drug-likeness (QED) is 0.833. The van der Waals surface area contributed by atoms with E-state index >= 15 is 0 Å². The summed E-state index contributed by atoms with van der Waals surface area (Å²) in [6, 6.07) is 13.2. The smallest absolute Gasteiger partial charge is 0.206 e. The molecule has 8 heteroatoms. The number of hydrogen-bond donors (Lipinski definition) is 1. The normalized spacial score (nSPS) is 12.4. The molecule has 2 rings (SSSR count). The molecule has 0 heterocycles. The van der Waals surface area contributed by atoms with Crippen LogP contribution < -0.4 is 9.43 Å². The maximum absolute atomic E-state index is 12.1. The number of rotatable bonds is 5. The molecule has 2 aromatic carbocycles. The fourth-order valence-corrected chi connectivity index (χ4v) is 4.87. The van der Waals surface area contributed by atoms with Gasteiger partial charge in [-0.1, -0.05) is 32.7 Å². The molecule has 1 N–H and O–H groups in total. The topological polar surface area (TPSA) is 80.3 Å². The second-order valence-corrected chi connectivity index (χ2v) is 8.51. The van der Waals surface area contributed by atoms with Gasteiger partial charge in [-0.2, -0.15) is 0 Å². The number of hydrogen-bond acceptors (Lipinski definition) is 4. The largest absolute Gasteiger partial charge is 0.253 e. The summed E-state index contributed by atoms with van der Waals surface area (Å²) in [5.74, 6) is 0.